The molecule has 0 aliphatic carbocycles. The molecule has 1 atom stereocenters. The topological polar surface area (TPSA) is 69.6 Å². The van der Waals surface area contributed by atoms with E-state index in [2.05, 4.69) is 5.32 Å². The largest absolute Gasteiger partial charge is 0.481 e. The highest BCUT2D eigenvalue weighted by atomic mass is 19.1. The van der Waals surface area contributed by atoms with Crippen LogP contribution >= 0.6 is 0 Å². The van der Waals surface area contributed by atoms with Gasteiger partial charge in [0.25, 0.3) is 0 Å². The van der Waals surface area contributed by atoms with Gasteiger partial charge in [-0.15, -0.1) is 0 Å². The van der Waals surface area contributed by atoms with E-state index in [0.29, 0.717) is 5.56 Å². The van der Waals surface area contributed by atoms with Crippen molar-refractivity contribution in [2.24, 2.45) is 5.92 Å². The number of hydrogen-bond acceptors (Lipinski definition) is 2. The Morgan fingerprint density at radius 3 is 2.68 bits per heavy atom. The quantitative estimate of drug-likeness (QED) is 0.880. The summed E-state index contributed by atoms with van der Waals surface area (Å²) in [6.45, 7) is 3.15. The number of aryl methyl sites for hydroxylation is 1. The van der Waals surface area contributed by atoms with Crippen molar-refractivity contribution in [2.75, 3.05) is 18.9 Å². The summed E-state index contributed by atoms with van der Waals surface area (Å²) in [6, 6.07) is 4.14. The van der Waals surface area contributed by atoms with E-state index >= 15 is 0 Å². The van der Waals surface area contributed by atoms with Crippen LogP contribution in [0.5, 0.6) is 0 Å². The van der Waals surface area contributed by atoms with Gasteiger partial charge in [-0.25, -0.2) is 9.18 Å². The minimum atomic E-state index is -0.985. The maximum absolute atomic E-state index is 13.7. The van der Waals surface area contributed by atoms with Crippen molar-refractivity contribution in [3.8, 4) is 0 Å². The fourth-order valence-corrected chi connectivity index (χ4v) is 1.53. The van der Waals surface area contributed by atoms with Crippen molar-refractivity contribution in [3.05, 3.63) is 29.6 Å². The molecule has 0 saturated carbocycles. The van der Waals surface area contributed by atoms with Crippen molar-refractivity contribution >= 4 is 17.7 Å². The van der Waals surface area contributed by atoms with Gasteiger partial charge in [0.05, 0.1) is 11.6 Å². The summed E-state index contributed by atoms with van der Waals surface area (Å²) in [5, 5.41) is 11.2. The number of carbonyl (C=O) groups is 2. The van der Waals surface area contributed by atoms with Gasteiger partial charge in [0.2, 0.25) is 0 Å². The monoisotopic (exact) mass is 268 g/mol. The molecular formula is C13H17FN2O3. The molecular weight excluding hydrogens is 251 g/mol. The summed E-state index contributed by atoms with van der Waals surface area (Å²) < 4.78 is 13.7. The fraction of sp³-hybridized carbons (Fsp3) is 0.385. The number of carbonyl (C=O) groups excluding carboxylic acids is 1. The van der Waals surface area contributed by atoms with Gasteiger partial charge in [-0.1, -0.05) is 19.1 Å². The van der Waals surface area contributed by atoms with Gasteiger partial charge in [0.15, 0.2) is 0 Å². The standard InChI is InChI=1S/C13H17FN2O3/c1-8-5-4-6-10(11(8)14)15-13(19)16(3)7-9(2)12(17)18/h4-6,9H,7H2,1-3H3,(H,15,19)(H,17,18). The molecule has 1 unspecified atom stereocenters. The number of carboxylic acid groups (broad SMARTS) is 1. The van der Waals surface area contributed by atoms with E-state index in [1.165, 1.54) is 24.9 Å². The summed E-state index contributed by atoms with van der Waals surface area (Å²) in [5.74, 6) is -2.16. The second kappa shape index (κ2) is 6.17. The minimum Gasteiger partial charge on any atom is -0.481 e. The molecule has 0 spiro atoms. The Morgan fingerprint density at radius 1 is 1.47 bits per heavy atom. The van der Waals surface area contributed by atoms with Gasteiger partial charge in [-0.3, -0.25) is 4.79 Å². The van der Waals surface area contributed by atoms with Gasteiger partial charge in [-0.2, -0.15) is 0 Å². The van der Waals surface area contributed by atoms with Gasteiger partial charge in [-0.05, 0) is 18.6 Å². The predicted molar refractivity (Wildman–Crippen MR) is 69.6 cm³/mol. The lowest BCUT2D eigenvalue weighted by molar-refractivity contribution is -0.141. The van der Waals surface area contributed by atoms with E-state index < -0.39 is 23.7 Å². The summed E-state index contributed by atoms with van der Waals surface area (Å²) >= 11 is 0. The Bertz CT molecular complexity index is 491. The highest BCUT2D eigenvalue weighted by Crippen LogP contribution is 2.17. The number of carboxylic acids is 1. The maximum Gasteiger partial charge on any atom is 0.321 e. The summed E-state index contributed by atoms with van der Waals surface area (Å²) in [6.07, 6.45) is 0. The molecule has 0 heterocycles. The summed E-state index contributed by atoms with van der Waals surface area (Å²) in [5.41, 5.74) is 0.513. The number of halogens is 1. The minimum absolute atomic E-state index is 0.0502. The molecule has 1 rings (SSSR count). The van der Waals surface area contributed by atoms with E-state index in [-0.39, 0.29) is 12.2 Å². The van der Waals surface area contributed by atoms with Crippen molar-refractivity contribution in [2.45, 2.75) is 13.8 Å². The number of nitrogens with zero attached hydrogens (tertiary/aromatic N) is 1. The maximum atomic E-state index is 13.7. The van der Waals surface area contributed by atoms with Crippen LogP contribution in [0, 0.1) is 18.7 Å². The third-order valence-corrected chi connectivity index (χ3v) is 2.75. The first kappa shape index (κ1) is 14.9. The molecule has 0 saturated heterocycles. The van der Waals surface area contributed by atoms with Crippen LogP contribution in [0.4, 0.5) is 14.9 Å². The molecule has 1 aromatic carbocycles. The molecule has 2 N–H and O–H groups in total. The van der Waals surface area contributed by atoms with Crippen LogP contribution in [0.15, 0.2) is 18.2 Å². The molecule has 0 aliphatic rings. The number of rotatable bonds is 4. The average Bonchev–Trinajstić information content (AvgIpc) is 2.34. The zero-order chi connectivity index (χ0) is 14.6. The van der Waals surface area contributed by atoms with Crippen LogP contribution in [0.3, 0.4) is 0 Å². The molecule has 0 aliphatic heterocycles. The first-order valence-electron chi connectivity index (χ1n) is 5.83. The van der Waals surface area contributed by atoms with Crippen molar-refractivity contribution in [1.82, 2.24) is 4.90 Å². The van der Waals surface area contributed by atoms with Crippen LogP contribution in [-0.2, 0) is 4.79 Å². The summed E-state index contributed by atoms with van der Waals surface area (Å²) in [7, 11) is 1.46. The van der Waals surface area contributed by atoms with Gasteiger partial charge in [0, 0.05) is 13.6 Å². The van der Waals surface area contributed by atoms with Crippen LogP contribution in [0.1, 0.15) is 12.5 Å². The highest BCUT2D eigenvalue weighted by Gasteiger charge is 2.18. The second-order valence-corrected chi connectivity index (χ2v) is 4.49. The Morgan fingerprint density at radius 2 is 2.11 bits per heavy atom. The number of urea groups is 1. The number of nitrogens with one attached hydrogen (secondary N) is 1. The van der Waals surface area contributed by atoms with E-state index in [1.54, 1.807) is 19.1 Å². The molecule has 0 aromatic heterocycles. The number of anilines is 1. The van der Waals surface area contributed by atoms with E-state index in [9.17, 15) is 14.0 Å². The number of benzene rings is 1. The fourth-order valence-electron chi connectivity index (χ4n) is 1.53. The molecule has 5 nitrogen and oxygen atoms in total. The highest BCUT2D eigenvalue weighted by molar-refractivity contribution is 5.89. The molecule has 0 fully saturated rings. The molecule has 1 aromatic rings. The van der Waals surface area contributed by atoms with Gasteiger partial charge in [0.1, 0.15) is 5.82 Å². The lowest BCUT2D eigenvalue weighted by atomic mass is 10.2. The van der Waals surface area contributed by atoms with Crippen molar-refractivity contribution in [3.63, 3.8) is 0 Å². The lowest BCUT2D eigenvalue weighted by Crippen LogP contribution is -2.36. The van der Waals surface area contributed by atoms with Crippen molar-refractivity contribution < 1.29 is 19.1 Å². The zero-order valence-corrected chi connectivity index (χ0v) is 11.1. The Hall–Kier alpha value is -2.11. The van der Waals surface area contributed by atoms with E-state index in [1.807, 2.05) is 0 Å². The summed E-state index contributed by atoms with van der Waals surface area (Å²) in [4.78, 5) is 23.7. The lowest BCUT2D eigenvalue weighted by Gasteiger charge is -2.20. The number of amides is 2. The molecule has 0 bridgehead atoms. The molecule has 0 radical (unpaired) electrons. The van der Waals surface area contributed by atoms with Crippen LogP contribution < -0.4 is 5.32 Å². The van der Waals surface area contributed by atoms with E-state index in [4.69, 9.17) is 5.11 Å². The molecule has 2 amide bonds. The van der Waals surface area contributed by atoms with Crippen LogP contribution in [0.25, 0.3) is 0 Å². The molecule has 6 heteroatoms. The Kier molecular flexibility index (Phi) is 4.86. The van der Waals surface area contributed by atoms with Crippen LogP contribution in [0.2, 0.25) is 0 Å². The molecule has 19 heavy (non-hydrogen) atoms. The first-order chi connectivity index (χ1) is 8.82. The van der Waals surface area contributed by atoms with E-state index in [0.717, 1.165) is 0 Å². The Labute approximate surface area is 111 Å². The zero-order valence-electron chi connectivity index (χ0n) is 11.1. The normalized spacial score (nSPS) is 11.8. The Balaban J connectivity index is 2.69. The van der Waals surface area contributed by atoms with Gasteiger partial charge >= 0.3 is 12.0 Å². The number of hydrogen-bond donors (Lipinski definition) is 2. The smallest absolute Gasteiger partial charge is 0.321 e. The van der Waals surface area contributed by atoms with Crippen molar-refractivity contribution in [1.29, 1.82) is 0 Å². The van der Waals surface area contributed by atoms with Crippen LogP contribution in [-0.4, -0.2) is 35.6 Å². The third-order valence-electron chi connectivity index (χ3n) is 2.75. The average molecular weight is 268 g/mol. The van der Waals surface area contributed by atoms with Gasteiger partial charge < -0.3 is 15.3 Å². The third kappa shape index (κ3) is 3.94. The second-order valence-electron chi connectivity index (χ2n) is 4.49. The SMILES string of the molecule is Cc1cccc(NC(=O)N(C)CC(C)C(=O)O)c1F. The predicted octanol–water partition coefficient (Wildman–Crippen LogP) is 2.32. The first-order valence-corrected chi connectivity index (χ1v) is 5.83. The number of aliphatic carboxylic acids is 1. The molecule has 104 valence electrons.